The van der Waals surface area contributed by atoms with E-state index in [1.807, 2.05) is 0 Å². The highest BCUT2D eigenvalue weighted by Gasteiger charge is 2.06. The first-order chi connectivity index (χ1) is 7.85. The van der Waals surface area contributed by atoms with Crippen molar-refractivity contribution in [3.8, 4) is 0 Å². The molecule has 0 aliphatic heterocycles. The van der Waals surface area contributed by atoms with Gasteiger partial charge in [0.15, 0.2) is 0 Å². The number of methoxy groups -OCH3 is 3. The van der Waals surface area contributed by atoms with E-state index >= 15 is 0 Å². The van der Waals surface area contributed by atoms with E-state index in [1.165, 1.54) is 0 Å². The Hall–Kier alpha value is -0.280. The molecule has 0 amide bonds. The Morgan fingerprint density at radius 1 is 0.562 bits per heavy atom. The molecule has 16 heavy (non-hydrogen) atoms. The third kappa shape index (κ3) is 10.2. The molecule has 0 bridgehead atoms. The first-order valence-corrected chi connectivity index (χ1v) is 5.00. The van der Waals surface area contributed by atoms with Crippen molar-refractivity contribution in [2.75, 3.05) is 61.0 Å². The molecule has 0 heterocycles. The molecule has 7 nitrogen and oxygen atoms in total. The summed E-state index contributed by atoms with van der Waals surface area (Å²) in [6.07, 6.45) is 0. The lowest BCUT2D eigenvalue weighted by Gasteiger charge is -2.19. The summed E-state index contributed by atoms with van der Waals surface area (Å²) in [5.41, 5.74) is 0. The second-order valence-corrected chi connectivity index (χ2v) is 2.70. The molecule has 0 saturated heterocycles. The van der Waals surface area contributed by atoms with Gasteiger partial charge in [0.05, 0.1) is 45.0 Å². The molecule has 0 N–H and O–H groups in total. The highest BCUT2D eigenvalue weighted by Crippen LogP contribution is 1.95. The van der Waals surface area contributed by atoms with Crippen molar-refractivity contribution in [3.05, 3.63) is 0 Å². The number of hydrogen-bond acceptors (Lipinski definition) is 7. The lowest BCUT2D eigenvalue weighted by molar-refractivity contribution is -0.528. The summed E-state index contributed by atoms with van der Waals surface area (Å²) in [6.45, 7) is 2.40. The van der Waals surface area contributed by atoms with Crippen LogP contribution in [-0.2, 0) is 28.7 Å². The summed E-state index contributed by atoms with van der Waals surface area (Å²) in [5, 5.41) is 0.955. The minimum Gasteiger partial charge on any atom is -0.382 e. The monoisotopic (exact) mass is 239 g/mol. The minimum atomic E-state index is 0.344. The summed E-state index contributed by atoms with van der Waals surface area (Å²) in [6, 6.07) is 0. The van der Waals surface area contributed by atoms with E-state index in [0.29, 0.717) is 39.6 Å². The Labute approximate surface area is 96.0 Å². The zero-order valence-corrected chi connectivity index (χ0v) is 10.1. The number of rotatable bonds is 12. The van der Waals surface area contributed by atoms with Gasteiger partial charge in [-0.3, -0.25) is 0 Å². The van der Waals surface area contributed by atoms with Crippen molar-refractivity contribution in [1.82, 2.24) is 5.39 Å². The maximum absolute atomic E-state index is 5.13. The van der Waals surface area contributed by atoms with E-state index in [0.717, 1.165) is 5.39 Å². The Bertz CT molecular complexity index is 113. The van der Waals surface area contributed by atoms with Crippen LogP contribution in [0.2, 0.25) is 0 Å². The van der Waals surface area contributed by atoms with Gasteiger partial charge in [0.2, 0.25) is 0 Å². The fourth-order valence-corrected chi connectivity index (χ4v) is 0.697. The standard InChI is InChI=1S/C9H21NO6/c1-11-4-7-14-10(15-8-5-12-2)16-9-6-13-3/h4-9H2,1-3H3. The molecule has 98 valence electrons. The van der Waals surface area contributed by atoms with E-state index in [1.54, 1.807) is 21.3 Å². The fraction of sp³-hybridized carbons (Fsp3) is 1.00. The highest BCUT2D eigenvalue weighted by atomic mass is 17.2. The lowest BCUT2D eigenvalue weighted by atomic mass is 10.8. The van der Waals surface area contributed by atoms with Crippen LogP contribution in [0.4, 0.5) is 0 Å². The third-order valence-corrected chi connectivity index (χ3v) is 1.45. The van der Waals surface area contributed by atoms with Gasteiger partial charge < -0.3 is 14.2 Å². The third-order valence-electron chi connectivity index (χ3n) is 1.45. The smallest absolute Gasteiger partial charge is 0.0969 e. The van der Waals surface area contributed by atoms with Crippen molar-refractivity contribution in [2.24, 2.45) is 0 Å². The molecule has 0 aromatic heterocycles. The summed E-state index contributed by atoms with van der Waals surface area (Å²) in [7, 11) is 4.77. The molecule has 0 rings (SSSR count). The van der Waals surface area contributed by atoms with E-state index in [2.05, 4.69) is 0 Å². The van der Waals surface area contributed by atoms with Gasteiger partial charge >= 0.3 is 0 Å². The average Bonchev–Trinajstić information content (AvgIpc) is 2.29. The largest absolute Gasteiger partial charge is 0.382 e. The maximum atomic E-state index is 5.13. The van der Waals surface area contributed by atoms with Crippen LogP contribution >= 0.6 is 0 Å². The average molecular weight is 239 g/mol. The Balaban J connectivity index is 3.58. The zero-order valence-electron chi connectivity index (χ0n) is 10.1. The molecule has 0 spiro atoms. The Morgan fingerprint density at radius 2 is 0.875 bits per heavy atom. The van der Waals surface area contributed by atoms with Gasteiger partial charge in [-0.1, -0.05) is 0 Å². The number of ether oxygens (including phenoxy) is 3. The van der Waals surface area contributed by atoms with Gasteiger partial charge in [-0.2, -0.15) is 0 Å². The van der Waals surface area contributed by atoms with Gasteiger partial charge in [0.25, 0.3) is 0 Å². The molecule has 0 radical (unpaired) electrons. The molecule has 0 aliphatic rings. The van der Waals surface area contributed by atoms with Crippen LogP contribution < -0.4 is 0 Å². The topological polar surface area (TPSA) is 58.6 Å². The maximum Gasteiger partial charge on any atom is 0.0969 e. The number of nitrogens with zero attached hydrogens (tertiary/aromatic N) is 1. The quantitative estimate of drug-likeness (QED) is 0.351. The van der Waals surface area contributed by atoms with Crippen molar-refractivity contribution < 1.29 is 28.7 Å². The van der Waals surface area contributed by atoms with Gasteiger partial charge in [-0.05, 0) is 0 Å². The summed E-state index contributed by atoms with van der Waals surface area (Å²) >= 11 is 0. The molecular formula is C9H21NO6. The number of hydrogen-bond donors (Lipinski definition) is 0. The minimum absolute atomic E-state index is 0.344. The van der Waals surface area contributed by atoms with Gasteiger partial charge in [-0.25, -0.2) is 14.5 Å². The van der Waals surface area contributed by atoms with Gasteiger partial charge in [0, 0.05) is 21.3 Å². The Kier molecular flexibility index (Phi) is 12.6. The predicted molar refractivity (Wildman–Crippen MR) is 55.3 cm³/mol. The van der Waals surface area contributed by atoms with Gasteiger partial charge in [-0.15, -0.1) is 0 Å². The molecule has 7 heteroatoms. The fourth-order valence-electron chi connectivity index (χ4n) is 0.697. The van der Waals surface area contributed by atoms with Crippen LogP contribution in [-0.4, -0.2) is 66.4 Å². The summed E-state index contributed by atoms with van der Waals surface area (Å²) in [5.74, 6) is 0. The summed E-state index contributed by atoms with van der Waals surface area (Å²) in [4.78, 5) is 15.4. The van der Waals surface area contributed by atoms with Crippen molar-refractivity contribution >= 4 is 0 Å². The van der Waals surface area contributed by atoms with Crippen molar-refractivity contribution in [2.45, 2.75) is 0 Å². The molecule has 0 unspecified atom stereocenters. The molecule has 0 aromatic rings. The predicted octanol–water partition coefficient (Wildman–Crippen LogP) is 0.0224. The summed E-state index contributed by atoms with van der Waals surface area (Å²) < 4.78 is 14.5. The van der Waals surface area contributed by atoms with Crippen molar-refractivity contribution in [3.63, 3.8) is 0 Å². The van der Waals surface area contributed by atoms with Crippen LogP contribution in [0.15, 0.2) is 0 Å². The molecule has 0 saturated carbocycles. The van der Waals surface area contributed by atoms with Gasteiger partial charge in [0.1, 0.15) is 0 Å². The van der Waals surface area contributed by atoms with E-state index in [-0.39, 0.29) is 0 Å². The van der Waals surface area contributed by atoms with Crippen LogP contribution in [0.3, 0.4) is 0 Å². The van der Waals surface area contributed by atoms with Crippen LogP contribution in [0.5, 0.6) is 0 Å². The van der Waals surface area contributed by atoms with E-state index in [4.69, 9.17) is 28.7 Å². The van der Waals surface area contributed by atoms with E-state index < -0.39 is 0 Å². The first-order valence-electron chi connectivity index (χ1n) is 5.00. The SMILES string of the molecule is COCCON(OCCOC)OCCOC. The van der Waals surface area contributed by atoms with E-state index in [9.17, 15) is 0 Å². The lowest BCUT2D eigenvalue weighted by Crippen LogP contribution is -2.29. The zero-order chi connectivity index (χ0) is 12.1. The first kappa shape index (κ1) is 15.7. The molecule has 0 fully saturated rings. The van der Waals surface area contributed by atoms with Crippen molar-refractivity contribution in [1.29, 1.82) is 0 Å². The molecular weight excluding hydrogens is 218 g/mol. The molecule has 0 atom stereocenters. The van der Waals surface area contributed by atoms with Crippen LogP contribution in [0, 0.1) is 0 Å². The normalized spacial score (nSPS) is 11.2. The second-order valence-electron chi connectivity index (χ2n) is 2.70. The van der Waals surface area contributed by atoms with Crippen LogP contribution in [0.1, 0.15) is 0 Å². The second kappa shape index (κ2) is 12.8. The molecule has 0 aliphatic carbocycles. The Morgan fingerprint density at radius 3 is 1.12 bits per heavy atom. The molecule has 0 aromatic carbocycles. The van der Waals surface area contributed by atoms with Crippen LogP contribution in [0.25, 0.3) is 0 Å². The highest BCUT2D eigenvalue weighted by molar-refractivity contribution is 4.23.